The predicted octanol–water partition coefficient (Wildman–Crippen LogP) is 7.94. The van der Waals surface area contributed by atoms with Gasteiger partial charge in [0.2, 0.25) is 0 Å². The molecule has 3 aromatic rings. The standard InChI is InChI=1S/C39H56BrN7O2/c1-38-15-13-28(48)20-27(38)9-10-29-31-11-12-33(39(31,2)16-14-32(29)38)49-19-6-4-5-18-42-37-34(40)35(25-8-7-17-41-21-25)45-36-30(23-44-47(36)37)26-22-43-46(3)24-26/h22-25,27,29,31-33,41-42H,4-21H2,1-3H3/t25-,27+,29+,31+,32+,33+,38+,39+/m1/s1. The SMILES string of the molecule is Cn1cc(-c2cnn3c(NCCCCCO[C@H]4CC[C@H]5[C@@H]6CC[C@H]7CC(=O)CC[C@]7(C)[C@H]6CC[C@]45C)c(Br)c([C@@H]4CCCNC4)nc23)cn1. The van der Waals surface area contributed by atoms with Gasteiger partial charge in [-0.2, -0.15) is 14.7 Å². The lowest BCUT2D eigenvalue weighted by Gasteiger charge is -2.60. The molecule has 8 rings (SSSR count). The Kier molecular flexibility index (Phi) is 9.44. The Bertz CT molecular complexity index is 1660. The number of hydrogen-bond donors (Lipinski definition) is 2. The van der Waals surface area contributed by atoms with Crippen LogP contribution in [-0.4, -0.2) is 62.5 Å². The first-order valence-electron chi connectivity index (χ1n) is 19.4. The highest BCUT2D eigenvalue weighted by Crippen LogP contribution is 2.66. The van der Waals surface area contributed by atoms with Crippen LogP contribution < -0.4 is 10.6 Å². The number of carbonyl (C=O) groups excluding carboxylic acids is 1. The maximum Gasteiger partial charge on any atom is 0.165 e. The number of fused-ring (bicyclic) bond motifs is 6. The molecule has 0 amide bonds. The average Bonchev–Trinajstić information content (AvgIpc) is 3.82. The fraction of sp³-hybridized carbons (Fsp3) is 0.744. The average molecular weight is 735 g/mol. The number of Topliss-reactive ketones (excluding diaryl/α,β-unsaturated/α-hetero) is 1. The van der Waals surface area contributed by atoms with Crippen molar-refractivity contribution in [2.24, 2.45) is 41.5 Å². The zero-order chi connectivity index (χ0) is 33.8. The molecule has 0 spiro atoms. The first-order chi connectivity index (χ1) is 23.8. The number of hydrogen-bond acceptors (Lipinski definition) is 7. The third-order valence-corrected chi connectivity index (χ3v) is 14.9. The normalized spacial score (nSPS) is 34.5. The second-order valence-electron chi connectivity index (χ2n) is 16.8. The maximum atomic E-state index is 12.3. The van der Waals surface area contributed by atoms with Gasteiger partial charge in [-0.3, -0.25) is 9.48 Å². The van der Waals surface area contributed by atoms with Crippen LogP contribution in [0.1, 0.15) is 115 Å². The molecule has 4 aliphatic carbocycles. The highest BCUT2D eigenvalue weighted by molar-refractivity contribution is 9.10. The van der Waals surface area contributed by atoms with Crippen LogP contribution in [0.15, 0.2) is 23.1 Å². The molecule has 9 nitrogen and oxygen atoms in total. The minimum absolute atomic E-state index is 0.319. The quantitative estimate of drug-likeness (QED) is 0.204. The second kappa shape index (κ2) is 13.7. The molecule has 4 saturated carbocycles. The Hall–Kier alpha value is -2.30. The Morgan fingerprint density at radius 1 is 1.02 bits per heavy atom. The lowest BCUT2D eigenvalue weighted by molar-refractivity contribution is -0.145. The van der Waals surface area contributed by atoms with Crippen LogP contribution in [-0.2, 0) is 16.6 Å². The van der Waals surface area contributed by atoms with Gasteiger partial charge in [0, 0.05) is 62.8 Å². The van der Waals surface area contributed by atoms with E-state index in [1.807, 2.05) is 34.8 Å². The molecule has 49 heavy (non-hydrogen) atoms. The van der Waals surface area contributed by atoms with Gasteiger partial charge in [-0.15, -0.1) is 0 Å². The summed E-state index contributed by atoms with van der Waals surface area (Å²) in [4.78, 5) is 17.5. The van der Waals surface area contributed by atoms with Gasteiger partial charge in [0.1, 0.15) is 11.6 Å². The zero-order valence-corrected chi connectivity index (χ0v) is 31.4. The van der Waals surface area contributed by atoms with Crippen molar-refractivity contribution in [2.45, 2.75) is 116 Å². The number of nitrogens with zero attached hydrogens (tertiary/aromatic N) is 5. The number of piperidine rings is 1. The van der Waals surface area contributed by atoms with Gasteiger partial charge >= 0.3 is 0 Å². The molecule has 8 atom stereocenters. The predicted molar refractivity (Wildman–Crippen MR) is 197 cm³/mol. The summed E-state index contributed by atoms with van der Waals surface area (Å²) < 4.78 is 11.6. The Morgan fingerprint density at radius 3 is 2.71 bits per heavy atom. The summed E-state index contributed by atoms with van der Waals surface area (Å²) in [5, 5.41) is 16.5. The third-order valence-electron chi connectivity index (χ3n) is 14.1. The Balaban J connectivity index is 0.864. The minimum Gasteiger partial charge on any atom is -0.378 e. The highest BCUT2D eigenvalue weighted by atomic mass is 79.9. The van der Waals surface area contributed by atoms with Crippen LogP contribution in [0.25, 0.3) is 16.8 Å². The number of rotatable bonds is 10. The number of nitrogens with one attached hydrogen (secondary N) is 2. The summed E-state index contributed by atoms with van der Waals surface area (Å²) in [5.41, 5.74) is 4.73. The summed E-state index contributed by atoms with van der Waals surface area (Å²) in [5.74, 6) is 4.94. The molecule has 0 aromatic carbocycles. The van der Waals surface area contributed by atoms with Crippen LogP contribution >= 0.6 is 15.9 Å². The van der Waals surface area contributed by atoms with Crippen molar-refractivity contribution >= 4 is 33.2 Å². The van der Waals surface area contributed by atoms with E-state index in [1.165, 1.54) is 38.5 Å². The van der Waals surface area contributed by atoms with E-state index in [9.17, 15) is 4.79 Å². The minimum atomic E-state index is 0.319. The van der Waals surface area contributed by atoms with E-state index >= 15 is 0 Å². The molecule has 266 valence electrons. The van der Waals surface area contributed by atoms with E-state index in [1.54, 1.807) is 0 Å². The summed E-state index contributed by atoms with van der Waals surface area (Å²) in [6, 6.07) is 0. The van der Waals surface area contributed by atoms with Gasteiger partial charge in [-0.05, 0) is 134 Å². The van der Waals surface area contributed by atoms with Crippen molar-refractivity contribution in [3.63, 3.8) is 0 Å². The number of aryl methyl sites for hydroxylation is 1. The van der Waals surface area contributed by atoms with Gasteiger partial charge in [0.05, 0.1) is 28.7 Å². The summed E-state index contributed by atoms with van der Waals surface area (Å²) in [7, 11) is 1.94. The van der Waals surface area contributed by atoms with Gasteiger partial charge in [0.15, 0.2) is 5.65 Å². The van der Waals surface area contributed by atoms with Crippen molar-refractivity contribution in [1.82, 2.24) is 29.7 Å². The number of aromatic nitrogens is 5. The smallest absolute Gasteiger partial charge is 0.165 e. The van der Waals surface area contributed by atoms with Crippen LogP contribution in [0, 0.1) is 34.5 Å². The first-order valence-corrected chi connectivity index (χ1v) is 20.2. The van der Waals surface area contributed by atoms with Gasteiger partial charge in [-0.25, -0.2) is 4.98 Å². The topological polar surface area (TPSA) is 98.4 Å². The summed E-state index contributed by atoms with van der Waals surface area (Å²) >= 11 is 3.95. The van der Waals surface area contributed by atoms with E-state index in [0.29, 0.717) is 34.6 Å². The Morgan fingerprint density at radius 2 is 1.90 bits per heavy atom. The number of unbranched alkanes of at least 4 members (excludes halogenated alkanes) is 2. The lowest BCUT2D eigenvalue weighted by atomic mass is 9.45. The van der Waals surface area contributed by atoms with Crippen molar-refractivity contribution in [3.05, 3.63) is 28.8 Å². The van der Waals surface area contributed by atoms with E-state index in [4.69, 9.17) is 14.8 Å². The number of anilines is 1. The van der Waals surface area contributed by atoms with Gasteiger partial charge < -0.3 is 15.4 Å². The number of ether oxygens (including phenoxy) is 1. The molecule has 0 unspecified atom stereocenters. The molecule has 10 heteroatoms. The first kappa shape index (κ1) is 33.8. The van der Waals surface area contributed by atoms with Crippen LogP contribution in [0.5, 0.6) is 0 Å². The molecule has 0 radical (unpaired) electrons. The number of carbonyl (C=O) groups is 1. The molecule has 5 aliphatic rings. The molecule has 1 aliphatic heterocycles. The number of ketones is 1. The van der Waals surface area contributed by atoms with E-state index in [-0.39, 0.29) is 0 Å². The molecule has 2 N–H and O–H groups in total. The molecular formula is C39H56BrN7O2. The van der Waals surface area contributed by atoms with E-state index in [2.05, 4.69) is 45.5 Å². The lowest BCUT2D eigenvalue weighted by Crippen LogP contribution is -2.54. The van der Waals surface area contributed by atoms with Crippen LogP contribution in [0.4, 0.5) is 5.82 Å². The second-order valence-corrected chi connectivity index (χ2v) is 17.6. The fourth-order valence-electron chi connectivity index (χ4n) is 11.4. The molecule has 0 bridgehead atoms. The monoisotopic (exact) mass is 733 g/mol. The number of halogens is 1. The fourth-order valence-corrected chi connectivity index (χ4v) is 12.1. The van der Waals surface area contributed by atoms with Crippen LogP contribution in [0.3, 0.4) is 0 Å². The van der Waals surface area contributed by atoms with E-state index in [0.717, 1.165) is 128 Å². The Labute approximate surface area is 300 Å². The summed E-state index contributed by atoms with van der Waals surface area (Å²) in [6.07, 6.45) is 22.4. The molecular weight excluding hydrogens is 678 g/mol. The molecule has 5 fully saturated rings. The van der Waals surface area contributed by atoms with Crippen molar-refractivity contribution in [2.75, 3.05) is 31.6 Å². The van der Waals surface area contributed by atoms with Gasteiger partial charge in [-0.1, -0.05) is 13.8 Å². The van der Waals surface area contributed by atoms with Gasteiger partial charge in [0.25, 0.3) is 0 Å². The summed E-state index contributed by atoms with van der Waals surface area (Å²) in [6.45, 7) is 8.87. The molecule has 3 aromatic heterocycles. The van der Waals surface area contributed by atoms with Crippen LogP contribution in [0.2, 0.25) is 0 Å². The highest BCUT2D eigenvalue weighted by Gasteiger charge is 2.60. The largest absolute Gasteiger partial charge is 0.378 e. The van der Waals surface area contributed by atoms with Crippen molar-refractivity contribution < 1.29 is 9.53 Å². The maximum absolute atomic E-state index is 12.3. The van der Waals surface area contributed by atoms with E-state index < -0.39 is 0 Å². The molecule has 1 saturated heterocycles. The molecule has 4 heterocycles. The third kappa shape index (κ3) is 6.09. The van der Waals surface area contributed by atoms with Crippen molar-refractivity contribution in [3.8, 4) is 11.1 Å². The van der Waals surface area contributed by atoms with Crippen molar-refractivity contribution in [1.29, 1.82) is 0 Å². The zero-order valence-electron chi connectivity index (χ0n) is 29.9.